The molecule has 0 atom stereocenters. The fourth-order valence-corrected chi connectivity index (χ4v) is 3.21. The van der Waals surface area contributed by atoms with Crippen molar-refractivity contribution in [2.45, 2.75) is 6.54 Å². The fourth-order valence-electron chi connectivity index (χ4n) is 3.21. The number of carbonyl (C=O) groups excluding carboxylic acids is 1. The number of anilines is 2. The summed E-state index contributed by atoms with van der Waals surface area (Å²) in [5.41, 5.74) is 1.33. The predicted octanol–water partition coefficient (Wildman–Crippen LogP) is 4.43. The summed E-state index contributed by atoms with van der Waals surface area (Å²) in [6.07, 6.45) is 3.38. The number of hydrogen-bond acceptors (Lipinski definition) is 3. The van der Waals surface area contributed by atoms with Crippen LogP contribution < -0.4 is 10.6 Å². The van der Waals surface area contributed by atoms with Crippen molar-refractivity contribution < 1.29 is 14.7 Å². The summed E-state index contributed by atoms with van der Waals surface area (Å²) in [4.78, 5) is 27.9. The smallest absolute Gasteiger partial charge is 0.337 e. The van der Waals surface area contributed by atoms with Crippen molar-refractivity contribution >= 4 is 34.4 Å². The van der Waals surface area contributed by atoms with Gasteiger partial charge in [0.2, 0.25) is 5.95 Å². The van der Waals surface area contributed by atoms with Gasteiger partial charge in [-0.1, -0.05) is 54.6 Å². The zero-order chi connectivity index (χ0) is 20.2. The molecule has 1 heterocycles. The molecule has 0 radical (unpaired) electrons. The average molecular weight is 386 g/mol. The third kappa shape index (κ3) is 3.93. The van der Waals surface area contributed by atoms with Crippen LogP contribution in [0.2, 0.25) is 0 Å². The maximum atomic E-state index is 12.4. The molecule has 1 aromatic heterocycles. The number of urea groups is 1. The van der Waals surface area contributed by atoms with E-state index >= 15 is 0 Å². The van der Waals surface area contributed by atoms with Gasteiger partial charge in [0.05, 0.1) is 17.8 Å². The van der Waals surface area contributed by atoms with Gasteiger partial charge in [-0.05, 0) is 28.5 Å². The highest BCUT2D eigenvalue weighted by molar-refractivity contribution is 6.04. The molecule has 0 unspecified atom stereocenters. The number of amides is 2. The van der Waals surface area contributed by atoms with Gasteiger partial charge in [-0.25, -0.2) is 14.6 Å². The van der Waals surface area contributed by atoms with Crippen LogP contribution in [0.5, 0.6) is 0 Å². The minimum atomic E-state index is -1.11. The number of aromatic nitrogens is 2. The van der Waals surface area contributed by atoms with Crippen LogP contribution in [0.15, 0.2) is 79.1 Å². The van der Waals surface area contributed by atoms with E-state index in [2.05, 4.69) is 33.8 Å². The van der Waals surface area contributed by atoms with Gasteiger partial charge in [0, 0.05) is 12.4 Å². The number of carboxylic acids is 1. The Morgan fingerprint density at radius 1 is 0.931 bits per heavy atom. The lowest BCUT2D eigenvalue weighted by Crippen LogP contribution is -2.23. The number of fused-ring (bicyclic) bond motifs is 1. The minimum absolute atomic E-state index is 0.0155. The fraction of sp³-hybridized carbons (Fsp3) is 0.0455. The maximum absolute atomic E-state index is 12.4. The standard InChI is InChI=1S/C22H18N4O3/c27-20(28)18-10-3-4-11-19(18)24-22(29)25-21-23-12-13-26(21)14-16-8-5-7-15-6-1-2-9-17(15)16/h1-13H,14H2,(H,27,28)(H2,23,24,25,29). The summed E-state index contributed by atoms with van der Waals surface area (Å²) in [7, 11) is 0. The molecule has 29 heavy (non-hydrogen) atoms. The Morgan fingerprint density at radius 2 is 1.69 bits per heavy atom. The summed E-state index contributed by atoms with van der Waals surface area (Å²) in [5.74, 6) is -0.749. The van der Waals surface area contributed by atoms with E-state index in [0.29, 0.717) is 12.5 Å². The molecular weight excluding hydrogens is 368 g/mol. The molecule has 0 bridgehead atoms. The van der Waals surface area contributed by atoms with Crippen LogP contribution in [0.3, 0.4) is 0 Å². The van der Waals surface area contributed by atoms with Crippen LogP contribution in [0.4, 0.5) is 16.4 Å². The highest BCUT2D eigenvalue weighted by Crippen LogP contribution is 2.21. The van der Waals surface area contributed by atoms with Crippen molar-refractivity contribution in [3.63, 3.8) is 0 Å². The van der Waals surface area contributed by atoms with Crippen LogP contribution in [0, 0.1) is 0 Å². The Labute approximate surface area is 166 Å². The Kier molecular flexibility index (Phi) is 4.94. The predicted molar refractivity (Wildman–Crippen MR) is 111 cm³/mol. The molecule has 0 spiro atoms. The first-order valence-corrected chi connectivity index (χ1v) is 9.00. The van der Waals surface area contributed by atoms with Gasteiger partial charge in [-0.2, -0.15) is 0 Å². The van der Waals surface area contributed by atoms with Crippen LogP contribution >= 0.6 is 0 Å². The van der Waals surface area contributed by atoms with E-state index in [9.17, 15) is 14.7 Å². The van der Waals surface area contributed by atoms with Crippen molar-refractivity contribution in [3.05, 3.63) is 90.3 Å². The van der Waals surface area contributed by atoms with Crippen molar-refractivity contribution in [2.75, 3.05) is 10.6 Å². The largest absolute Gasteiger partial charge is 0.478 e. The van der Waals surface area contributed by atoms with Gasteiger partial charge in [-0.3, -0.25) is 5.32 Å². The molecule has 0 aliphatic heterocycles. The molecule has 0 saturated carbocycles. The highest BCUT2D eigenvalue weighted by atomic mass is 16.4. The SMILES string of the molecule is O=C(Nc1ccccc1C(=O)O)Nc1nccn1Cc1cccc2ccccc12. The van der Waals surface area contributed by atoms with Crippen molar-refractivity contribution in [1.29, 1.82) is 0 Å². The van der Waals surface area contributed by atoms with Gasteiger partial charge >= 0.3 is 12.0 Å². The lowest BCUT2D eigenvalue weighted by atomic mass is 10.0. The first kappa shape index (κ1) is 18.2. The van der Waals surface area contributed by atoms with Gasteiger partial charge in [0.15, 0.2) is 0 Å². The summed E-state index contributed by atoms with van der Waals surface area (Å²) < 4.78 is 1.82. The lowest BCUT2D eigenvalue weighted by molar-refractivity contribution is 0.0698. The molecule has 7 heteroatoms. The number of hydrogen-bond donors (Lipinski definition) is 3. The monoisotopic (exact) mass is 386 g/mol. The molecule has 3 aromatic carbocycles. The second-order valence-electron chi connectivity index (χ2n) is 6.45. The minimum Gasteiger partial charge on any atom is -0.478 e. The second kappa shape index (κ2) is 7.85. The Morgan fingerprint density at radius 3 is 2.55 bits per heavy atom. The molecule has 0 aliphatic rings. The van der Waals surface area contributed by atoms with Gasteiger partial charge < -0.3 is 15.0 Å². The van der Waals surface area contributed by atoms with E-state index in [1.807, 2.05) is 28.8 Å². The summed E-state index contributed by atoms with van der Waals surface area (Å²) in [6.45, 7) is 0.530. The van der Waals surface area contributed by atoms with Crippen molar-refractivity contribution in [1.82, 2.24) is 9.55 Å². The Bertz CT molecular complexity index is 1190. The normalized spacial score (nSPS) is 10.6. The summed E-state index contributed by atoms with van der Waals surface area (Å²) >= 11 is 0. The van der Waals surface area contributed by atoms with Crippen molar-refractivity contribution in [3.8, 4) is 0 Å². The first-order chi connectivity index (χ1) is 14.1. The number of para-hydroxylation sites is 1. The van der Waals surface area contributed by atoms with Crippen LogP contribution in [0.25, 0.3) is 10.8 Å². The lowest BCUT2D eigenvalue weighted by Gasteiger charge is -2.12. The van der Waals surface area contributed by atoms with E-state index in [0.717, 1.165) is 16.3 Å². The number of rotatable bonds is 5. The van der Waals surface area contributed by atoms with Crippen LogP contribution in [-0.2, 0) is 6.54 Å². The molecule has 0 aliphatic carbocycles. The molecule has 2 amide bonds. The Hall–Kier alpha value is -4.13. The summed E-state index contributed by atoms with van der Waals surface area (Å²) in [6, 6.07) is 19.8. The zero-order valence-electron chi connectivity index (χ0n) is 15.4. The van der Waals surface area contributed by atoms with Gasteiger partial charge in [0.1, 0.15) is 0 Å². The van der Waals surface area contributed by atoms with E-state index in [4.69, 9.17) is 0 Å². The number of nitrogens with zero attached hydrogens (tertiary/aromatic N) is 2. The molecule has 4 aromatic rings. The maximum Gasteiger partial charge on any atom is 0.337 e. The van der Waals surface area contributed by atoms with E-state index in [1.165, 1.54) is 12.1 Å². The van der Waals surface area contributed by atoms with E-state index in [1.54, 1.807) is 24.5 Å². The molecule has 3 N–H and O–H groups in total. The molecular formula is C22H18N4O3. The molecule has 7 nitrogen and oxygen atoms in total. The number of carbonyl (C=O) groups is 2. The Balaban J connectivity index is 1.53. The second-order valence-corrected chi connectivity index (χ2v) is 6.45. The zero-order valence-corrected chi connectivity index (χ0v) is 15.4. The highest BCUT2D eigenvalue weighted by Gasteiger charge is 2.13. The number of benzene rings is 3. The molecule has 144 valence electrons. The topological polar surface area (TPSA) is 96.2 Å². The summed E-state index contributed by atoms with van der Waals surface area (Å²) in [5, 5.41) is 16.8. The number of aromatic carboxylic acids is 1. The quantitative estimate of drug-likeness (QED) is 0.473. The average Bonchev–Trinajstić information content (AvgIpc) is 3.15. The number of imidazole rings is 1. The molecule has 0 saturated heterocycles. The third-order valence-corrected chi connectivity index (χ3v) is 4.57. The van der Waals surface area contributed by atoms with Gasteiger partial charge in [0.25, 0.3) is 0 Å². The molecule has 0 fully saturated rings. The van der Waals surface area contributed by atoms with Crippen molar-refractivity contribution in [2.24, 2.45) is 0 Å². The van der Waals surface area contributed by atoms with E-state index < -0.39 is 12.0 Å². The third-order valence-electron chi connectivity index (χ3n) is 4.57. The van der Waals surface area contributed by atoms with Gasteiger partial charge in [-0.15, -0.1) is 0 Å². The van der Waals surface area contributed by atoms with Crippen LogP contribution in [0.1, 0.15) is 15.9 Å². The first-order valence-electron chi connectivity index (χ1n) is 9.00. The number of carboxylic acid groups (broad SMARTS) is 1. The molecule has 4 rings (SSSR count). The number of nitrogens with one attached hydrogen (secondary N) is 2. The van der Waals surface area contributed by atoms with E-state index in [-0.39, 0.29) is 11.3 Å². The van der Waals surface area contributed by atoms with Crippen LogP contribution in [-0.4, -0.2) is 26.7 Å².